The summed E-state index contributed by atoms with van der Waals surface area (Å²) in [6.07, 6.45) is -4.60. The maximum Gasteiger partial charge on any atom is 0.417 e. The van der Waals surface area contributed by atoms with Crippen molar-refractivity contribution in [2.75, 3.05) is 5.32 Å². The Kier molecular flexibility index (Phi) is 7.13. The molecule has 3 aromatic rings. The highest BCUT2D eigenvalue weighted by Crippen LogP contribution is 2.34. The predicted molar refractivity (Wildman–Crippen MR) is 116 cm³/mol. The van der Waals surface area contributed by atoms with Gasteiger partial charge in [-0.2, -0.15) is 13.2 Å². The molecule has 0 heterocycles. The zero-order valence-electron chi connectivity index (χ0n) is 16.3. The Bertz CT molecular complexity index is 1070. The summed E-state index contributed by atoms with van der Waals surface area (Å²) in [5, 5.41) is 3.19. The molecule has 8 heteroatoms. The molecule has 3 aromatic carbocycles. The molecule has 0 bridgehead atoms. The number of carbonyl (C=O) groups is 1. The van der Waals surface area contributed by atoms with Crippen molar-refractivity contribution in [3.8, 4) is 5.75 Å². The molecule has 0 aliphatic rings. The van der Waals surface area contributed by atoms with E-state index in [-0.39, 0.29) is 5.75 Å². The summed E-state index contributed by atoms with van der Waals surface area (Å²) in [5.74, 6) is 1.03. The summed E-state index contributed by atoms with van der Waals surface area (Å²) in [4.78, 5) is 12.1. The van der Waals surface area contributed by atoms with E-state index in [1.165, 1.54) is 12.1 Å². The number of amides is 1. The van der Waals surface area contributed by atoms with Crippen LogP contribution in [0.5, 0.6) is 5.75 Å². The molecular formula is C23H17Cl2F3NO2. The fraction of sp³-hybridized carbons (Fsp3) is 0.130. The molecule has 0 saturated carbocycles. The van der Waals surface area contributed by atoms with E-state index < -0.39 is 17.8 Å². The van der Waals surface area contributed by atoms with Crippen LogP contribution in [0.2, 0.25) is 10.0 Å². The minimum absolute atomic E-state index is 0.279. The van der Waals surface area contributed by atoms with Crippen molar-refractivity contribution in [3.63, 3.8) is 0 Å². The molecule has 1 amide bonds. The first-order chi connectivity index (χ1) is 14.7. The number of anilines is 1. The van der Waals surface area contributed by atoms with Gasteiger partial charge in [0, 0.05) is 11.6 Å². The number of halogens is 5. The minimum Gasteiger partial charge on any atom is -0.410 e. The second-order valence-electron chi connectivity index (χ2n) is 6.58. The Morgan fingerprint density at radius 2 is 1.65 bits per heavy atom. The van der Waals surface area contributed by atoms with Crippen molar-refractivity contribution in [3.05, 3.63) is 99.4 Å². The summed E-state index contributed by atoms with van der Waals surface area (Å²) in [6.45, 7) is 1.87. The lowest BCUT2D eigenvalue weighted by molar-refractivity contribution is -0.137. The van der Waals surface area contributed by atoms with Gasteiger partial charge in [-0.05, 0) is 53.9 Å². The van der Waals surface area contributed by atoms with Crippen molar-refractivity contribution in [1.29, 1.82) is 0 Å². The maximum atomic E-state index is 13.0. The van der Waals surface area contributed by atoms with Gasteiger partial charge in [-0.25, -0.2) is 4.79 Å². The Labute approximate surface area is 187 Å². The third-order valence-electron chi connectivity index (χ3n) is 4.47. The summed E-state index contributed by atoms with van der Waals surface area (Å²) >= 11 is 11.8. The van der Waals surface area contributed by atoms with Crippen LogP contribution in [0, 0.1) is 5.92 Å². The Balaban J connectivity index is 1.71. The van der Waals surface area contributed by atoms with Crippen molar-refractivity contribution >= 4 is 35.0 Å². The fourth-order valence-corrected chi connectivity index (χ4v) is 3.30. The molecule has 0 aliphatic carbocycles. The zero-order chi connectivity index (χ0) is 22.6. The lowest BCUT2D eigenvalue weighted by atomic mass is 9.88. The van der Waals surface area contributed by atoms with Crippen molar-refractivity contribution < 1.29 is 22.7 Å². The van der Waals surface area contributed by atoms with Gasteiger partial charge >= 0.3 is 12.3 Å². The quantitative estimate of drug-likeness (QED) is 0.413. The molecule has 0 atom stereocenters. The van der Waals surface area contributed by atoms with Crippen LogP contribution in [0.1, 0.15) is 30.0 Å². The molecule has 3 nitrogen and oxygen atoms in total. The molecule has 1 N–H and O–H groups in total. The van der Waals surface area contributed by atoms with E-state index in [1.807, 2.05) is 6.92 Å². The van der Waals surface area contributed by atoms with Gasteiger partial charge < -0.3 is 4.74 Å². The van der Waals surface area contributed by atoms with Gasteiger partial charge in [-0.3, -0.25) is 5.32 Å². The molecule has 0 aliphatic heterocycles. The molecule has 31 heavy (non-hydrogen) atoms. The van der Waals surface area contributed by atoms with E-state index in [4.69, 9.17) is 27.9 Å². The van der Waals surface area contributed by atoms with E-state index in [2.05, 4.69) is 5.32 Å². The molecule has 1 radical (unpaired) electrons. The molecule has 0 aromatic heterocycles. The van der Waals surface area contributed by atoms with Gasteiger partial charge in [0.1, 0.15) is 5.75 Å². The van der Waals surface area contributed by atoms with Crippen LogP contribution in [0.25, 0.3) is 0 Å². The fourth-order valence-electron chi connectivity index (χ4n) is 3.01. The van der Waals surface area contributed by atoms with Crippen LogP contribution in [-0.4, -0.2) is 6.09 Å². The first kappa shape index (κ1) is 23.0. The molecule has 0 fully saturated rings. The summed E-state index contributed by atoms with van der Waals surface area (Å²) in [5.41, 5.74) is 0.944. The minimum atomic E-state index is -4.41. The number of ether oxygens (including phenoxy) is 1. The third-order valence-corrected chi connectivity index (χ3v) is 5.21. The molecule has 0 spiro atoms. The van der Waals surface area contributed by atoms with Gasteiger partial charge in [0.05, 0.1) is 15.6 Å². The van der Waals surface area contributed by atoms with Gasteiger partial charge in [0.2, 0.25) is 0 Å². The van der Waals surface area contributed by atoms with Crippen LogP contribution in [0.3, 0.4) is 0 Å². The molecular weight excluding hydrogens is 450 g/mol. The SMILES string of the molecule is CC[C](c1ccc(OC(=O)Nc2ccc(Cl)c(Cl)c2)cc1)c1cccc(C(F)(F)F)c1. The molecule has 0 unspecified atom stereocenters. The van der Waals surface area contributed by atoms with E-state index in [0.717, 1.165) is 23.6 Å². The second-order valence-corrected chi connectivity index (χ2v) is 7.39. The zero-order valence-corrected chi connectivity index (χ0v) is 17.8. The highest BCUT2D eigenvalue weighted by Gasteiger charge is 2.31. The Morgan fingerprint density at radius 1 is 0.935 bits per heavy atom. The number of benzene rings is 3. The standard InChI is InChI=1S/C23H17Cl2F3NO2/c1-2-19(15-4-3-5-16(12-15)23(26,27)28)14-6-9-18(10-7-14)31-22(30)29-17-8-11-20(24)21(25)13-17/h3-13H,2H2,1H3,(H,29,30). The van der Waals surface area contributed by atoms with Crippen molar-refractivity contribution in [2.45, 2.75) is 19.5 Å². The second kappa shape index (κ2) is 9.62. The average Bonchev–Trinajstić information content (AvgIpc) is 2.72. The predicted octanol–water partition coefficient (Wildman–Crippen LogP) is 8.00. The van der Waals surface area contributed by atoms with E-state index in [0.29, 0.717) is 27.7 Å². The van der Waals surface area contributed by atoms with Gasteiger partial charge in [0.25, 0.3) is 0 Å². The van der Waals surface area contributed by atoms with Gasteiger partial charge in [-0.15, -0.1) is 0 Å². The largest absolute Gasteiger partial charge is 0.417 e. The van der Waals surface area contributed by atoms with E-state index in [1.54, 1.807) is 42.5 Å². The van der Waals surface area contributed by atoms with Crippen LogP contribution < -0.4 is 10.1 Å². The van der Waals surface area contributed by atoms with Crippen LogP contribution in [-0.2, 0) is 6.18 Å². The van der Waals surface area contributed by atoms with Crippen LogP contribution in [0.15, 0.2) is 66.7 Å². The average molecular weight is 467 g/mol. The highest BCUT2D eigenvalue weighted by molar-refractivity contribution is 6.42. The lowest BCUT2D eigenvalue weighted by Gasteiger charge is -2.17. The Morgan fingerprint density at radius 3 is 2.26 bits per heavy atom. The van der Waals surface area contributed by atoms with Crippen LogP contribution in [0.4, 0.5) is 23.7 Å². The number of alkyl halides is 3. The lowest BCUT2D eigenvalue weighted by Crippen LogP contribution is -2.16. The molecule has 3 rings (SSSR count). The van der Waals surface area contributed by atoms with E-state index >= 15 is 0 Å². The highest BCUT2D eigenvalue weighted by atomic mass is 35.5. The first-order valence-corrected chi connectivity index (χ1v) is 10.0. The maximum absolute atomic E-state index is 13.0. The monoisotopic (exact) mass is 466 g/mol. The summed E-state index contributed by atoms with van der Waals surface area (Å²) in [6, 6.07) is 16.4. The number of hydrogen-bond donors (Lipinski definition) is 1. The van der Waals surface area contributed by atoms with E-state index in [9.17, 15) is 18.0 Å². The first-order valence-electron chi connectivity index (χ1n) is 9.25. The Hall–Kier alpha value is -2.70. The van der Waals surface area contributed by atoms with Gasteiger partial charge in [0.15, 0.2) is 0 Å². The summed E-state index contributed by atoms with van der Waals surface area (Å²) in [7, 11) is 0. The third kappa shape index (κ3) is 5.93. The molecule has 0 saturated heterocycles. The van der Waals surface area contributed by atoms with Crippen molar-refractivity contribution in [2.24, 2.45) is 0 Å². The number of carbonyl (C=O) groups excluding carboxylic acids is 1. The number of rotatable bonds is 5. The summed E-state index contributed by atoms with van der Waals surface area (Å²) < 4.78 is 44.3. The number of hydrogen-bond acceptors (Lipinski definition) is 2. The van der Waals surface area contributed by atoms with Gasteiger partial charge in [-0.1, -0.05) is 60.5 Å². The normalized spacial score (nSPS) is 11.5. The smallest absolute Gasteiger partial charge is 0.410 e. The number of nitrogens with one attached hydrogen (secondary N) is 1. The molecule has 161 valence electrons. The van der Waals surface area contributed by atoms with Crippen molar-refractivity contribution in [1.82, 2.24) is 0 Å². The topological polar surface area (TPSA) is 38.3 Å². The van der Waals surface area contributed by atoms with Crippen LogP contribution >= 0.6 is 23.2 Å².